The van der Waals surface area contributed by atoms with Crippen molar-refractivity contribution in [2.75, 3.05) is 39.3 Å². The van der Waals surface area contributed by atoms with Crippen molar-refractivity contribution < 1.29 is 22.7 Å². The molecule has 0 radical (unpaired) electrons. The van der Waals surface area contributed by atoms with Crippen LogP contribution in [-0.4, -0.2) is 75.5 Å². The Kier molecular flexibility index (Phi) is 9.57. The molecule has 1 aliphatic carbocycles. The molecular formula is C29H39N3O5S. The number of benzene rings is 2. The third-order valence-corrected chi connectivity index (χ3v) is 8.88. The van der Waals surface area contributed by atoms with Gasteiger partial charge in [-0.25, -0.2) is 17.9 Å². The summed E-state index contributed by atoms with van der Waals surface area (Å²) in [6, 6.07) is 17.2. The van der Waals surface area contributed by atoms with Crippen LogP contribution in [0.15, 0.2) is 54.6 Å². The first-order chi connectivity index (χ1) is 18.3. The van der Waals surface area contributed by atoms with Crippen LogP contribution in [0.1, 0.15) is 60.5 Å². The zero-order valence-corrected chi connectivity index (χ0v) is 23.2. The molecule has 1 saturated carbocycles. The number of esters is 1. The van der Waals surface area contributed by atoms with Crippen LogP contribution >= 0.6 is 0 Å². The summed E-state index contributed by atoms with van der Waals surface area (Å²) >= 11 is 0. The number of rotatable bonds is 12. The van der Waals surface area contributed by atoms with Crippen molar-refractivity contribution in [3.63, 3.8) is 0 Å². The standard InChI is InChI=1S/C29H39N3O5S/c1-3-37-29(34)26-11-9-24(10-12-26)21-38(35,36)30-15-18-31-16-13-23(14-17-31)20-32(22(2)33)28-19-27(28)25-7-5-4-6-8-25/h4-12,23,27-28,30H,3,13-21H2,1-2H3. The minimum Gasteiger partial charge on any atom is -0.462 e. The fourth-order valence-corrected chi connectivity index (χ4v) is 6.47. The molecular weight excluding hydrogens is 502 g/mol. The van der Waals surface area contributed by atoms with Crippen LogP contribution in [0.2, 0.25) is 0 Å². The Morgan fingerprint density at radius 1 is 1.05 bits per heavy atom. The van der Waals surface area contributed by atoms with E-state index in [0.29, 0.717) is 48.7 Å². The third-order valence-electron chi connectivity index (χ3n) is 7.52. The molecule has 4 rings (SSSR count). The fourth-order valence-electron chi connectivity index (χ4n) is 5.33. The normalized spacial score (nSPS) is 20.2. The van der Waals surface area contributed by atoms with Gasteiger partial charge in [-0.2, -0.15) is 0 Å². The number of sulfonamides is 1. The number of carbonyl (C=O) groups excluding carboxylic acids is 2. The van der Waals surface area contributed by atoms with E-state index in [-0.39, 0.29) is 11.7 Å². The molecule has 1 amide bonds. The number of hydrogen-bond acceptors (Lipinski definition) is 6. The van der Waals surface area contributed by atoms with E-state index >= 15 is 0 Å². The second-order valence-electron chi connectivity index (χ2n) is 10.3. The first-order valence-electron chi connectivity index (χ1n) is 13.5. The average molecular weight is 542 g/mol. The molecule has 2 unspecified atom stereocenters. The number of nitrogens with zero attached hydrogens (tertiary/aromatic N) is 2. The van der Waals surface area contributed by atoms with Crippen molar-refractivity contribution in [2.24, 2.45) is 5.92 Å². The number of carbonyl (C=O) groups is 2. The minimum absolute atomic E-state index is 0.135. The van der Waals surface area contributed by atoms with Crippen molar-refractivity contribution in [2.45, 2.75) is 50.8 Å². The maximum Gasteiger partial charge on any atom is 0.338 e. The number of nitrogens with one attached hydrogen (secondary N) is 1. The van der Waals surface area contributed by atoms with Crippen molar-refractivity contribution in [1.29, 1.82) is 0 Å². The van der Waals surface area contributed by atoms with Crippen LogP contribution < -0.4 is 4.72 Å². The van der Waals surface area contributed by atoms with Gasteiger partial charge in [-0.15, -0.1) is 0 Å². The maximum absolute atomic E-state index is 12.5. The Balaban J connectivity index is 1.17. The van der Waals surface area contributed by atoms with Gasteiger partial charge in [-0.3, -0.25) is 4.79 Å². The Hall–Kier alpha value is -2.75. The molecule has 206 valence electrons. The molecule has 9 heteroatoms. The predicted molar refractivity (Wildman–Crippen MR) is 147 cm³/mol. The summed E-state index contributed by atoms with van der Waals surface area (Å²) in [7, 11) is -3.48. The number of piperidine rings is 1. The lowest BCUT2D eigenvalue weighted by molar-refractivity contribution is -0.130. The van der Waals surface area contributed by atoms with Gasteiger partial charge < -0.3 is 14.5 Å². The van der Waals surface area contributed by atoms with E-state index in [4.69, 9.17) is 4.74 Å². The highest BCUT2D eigenvalue weighted by Gasteiger charge is 2.44. The van der Waals surface area contributed by atoms with E-state index in [9.17, 15) is 18.0 Å². The minimum atomic E-state index is -3.48. The van der Waals surface area contributed by atoms with E-state index in [1.54, 1.807) is 38.1 Å². The van der Waals surface area contributed by atoms with Crippen LogP contribution in [0.4, 0.5) is 0 Å². The van der Waals surface area contributed by atoms with Gasteiger partial charge in [0, 0.05) is 38.5 Å². The number of hydrogen-bond donors (Lipinski definition) is 1. The van der Waals surface area contributed by atoms with Gasteiger partial charge in [0.25, 0.3) is 0 Å². The van der Waals surface area contributed by atoms with Crippen LogP contribution in [0.25, 0.3) is 0 Å². The van der Waals surface area contributed by atoms with Crippen LogP contribution in [0, 0.1) is 5.92 Å². The average Bonchev–Trinajstić information content (AvgIpc) is 3.69. The smallest absolute Gasteiger partial charge is 0.338 e. The lowest BCUT2D eigenvalue weighted by Gasteiger charge is -2.35. The molecule has 38 heavy (non-hydrogen) atoms. The first-order valence-corrected chi connectivity index (χ1v) is 15.2. The zero-order valence-electron chi connectivity index (χ0n) is 22.3. The van der Waals surface area contributed by atoms with Gasteiger partial charge in [0.1, 0.15) is 0 Å². The Morgan fingerprint density at radius 2 is 1.74 bits per heavy atom. The Bertz CT molecular complexity index is 1180. The lowest BCUT2D eigenvalue weighted by atomic mass is 9.96. The van der Waals surface area contributed by atoms with E-state index < -0.39 is 16.0 Å². The van der Waals surface area contributed by atoms with Crippen molar-refractivity contribution >= 4 is 21.9 Å². The highest BCUT2D eigenvalue weighted by Crippen LogP contribution is 2.45. The van der Waals surface area contributed by atoms with Gasteiger partial charge in [0.2, 0.25) is 15.9 Å². The summed E-state index contributed by atoms with van der Waals surface area (Å²) < 4.78 is 32.7. The number of ether oxygens (including phenoxy) is 1. The summed E-state index contributed by atoms with van der Waals surface area (Å²) in [4.78, 5) is 28.5. The van der Waals surface area contributed by atoms with Gasteiger partial charge in [-0.1, -0.05) is 42.5 Å². The quantitative estimate of drug-likeness (QED) is 0.414. The Labute approximate surface area is 226 Å². The molecule has 1 N–H and O–H groups in total. The highest BCUT2D eigenvalue weighted by molar-refractivity contribution is 7.88. The van der Waals surface area contributed by atoms with Crippen molar-refractivity contribution in [3.05, 3.63) is 71.3 Å². The molecule has 1 heterocycles. The Morgan fingerprint density at radius 3 is 2.37 bits per heavy atom. The molecule has 1 saturated heterocycles. The number of likely N-dealkylation sites (tertiary alicyclic amines) is 1. The molecule has 0 aromatic heterocycles. The topological polar surface area (TPSA) is 96.0 Å². The van der Waals surface area contributed by atoms with Crippen molar-refractivity contribution in [1.82, 2.24) is 14.5 Å². The monoisotopic (exact) mass is 541 g/mol. The SMILES string of the molecule is CCOC(=O)c1ccc(CS(=O)(=O)NCCN2CCC(CN(C(C)=O)C3CC3c3ccccc3)CC2)cc1. The molecule has 2 atom stereocenters. The first kappa shape index (κ1) is 28.3. The molecule has 2 fully saturated rings. The van der Waals surface area contributed by atoms with Crippen molar-refractivity contribution in [3.8, 4) is 0 Å². The molecule has 2 aromatic rings. The summed E-state index contributed by atoms with van der Waals surface area (Å²) in [5, 5.41) is 0. The molecule has 2 aromatic carbocycles. The fraction of sp³-hybridized carbons (Fsp3) is 0.517. The molecule has 2 aliphatic rings. The van der Waals surface area contributed by atoms with Crippen LogP contribution in [0.5, 0.6) is 0 Å². The van der Waals surface area contributed by atoms with Gasteiger partial charge in [-0.05, 0) is 68.5 Å². The number of amides is 1. The summed E-state index contributed by atoms with van der Waals surface area (Å²) in [5.41, 5.74) is 2.34. The highest BCUT2D eigenvalue weighted by atomic mass is 32.2. The van der Waals surface area contributed by atoms with Crippen LogP contribution in [0.3, 0.4) is 0 Å². The third kappa shape index (κ3) is 7.88. The predicted octanol–water partition coefficient (Wildman–Crippen LogP) is 3.40. The van der Waals surface area contributed by atoms with E-state index in [1.807, 2.05) is 6.07 Å². The van der Waals surface area contributed by atoms with Crippen LogP contribution in [-0.2, 0) is 25.3 Å². The molecule has 1 aliphatic heterocycles. The summed E-state index contributed by atoms with van der Waals surface area (Å²) in [6.07, 6.45) is 3.05. The van der Waals surface area contributed by atoms with Gasteiger partial charge in [0.15, 0.2) is 0 Å². The van der Waals surface area contributed by atoms with E-state index in [0.717, 1.165) is 38.9 Å². The van der Waals surface area contributed by atoms with E-state index in [2.05, 4.69) is 38.8 Å². The summed E-state index contributed by atoms with van der Waals surface area (Å²) in [5.74, 6) is 0.525. The largest absolute Gasteiger partial charge is 0.462 e. The molecule has 0 spiro atoms. The lowest BCUT2D eigenvalue weighted by Crippen LogP contribution is -2.43. The maximum atomic E-state index is 12.5. The second-order valence-corrected chi connectivity index (χ2v) is 12.2. The molecule has 8 nitrogen and oxygen atoms in total. The van der Waals surface area contributed by atoms with Gasteiger partial charge in [0.05, 0.1) is 17.9 Å². The van der Waals surface area contributed by atoms with E-state index in [1.165, 1.54) is 5.56 Å². The second kappa shape index (κ2) is 12.9. The summed E-state index contributed by atoms with van der Waals surface area (Å²) in [6.45, 7) is 7.33. The molecule has 0 bridgehead atoms. The zero-order chi connectivity index (χ0) is 27.1. The van der Waals surface area contributed by atoms with Gasteiger partial charge >= 0.3 is 5.97 Å².